The molecular formula is C19H24N2O4S. The van der Waals surface area contributed by atoms with Gasteiger partial charge in [0.1, 0.15) is 5.75 Å². The molecule has 0 aromatic heterocycles. The molecule has 1 amide bonds. The molecular weight excluding hydrogens is 352 g/mol. The van der Waals surface area contributed by atoms with Crippen molar-refractivity contribution in [1.29, 1.82) is 0 Å². The maximum atomic E-state index is 12.7. The number of rotatable bonds is 7. The molecule has 26 heavy (non-hydrogen) atoms. The summed E-state index contributed by atoms with van der Waals surface area (Å²) in [5.41, 5.74) is 2.14. The quantitative estimate of drug-likeness (QED) is 0.778. The van der Waals surface area contributed by atoms with Crippen LogP contribution in [0.4, 0.5) is 0 Å². The molecule has 2 aromatic carbocycles. The van der Waals surface area contributed by atoms with E-state index in [1.165, 1.54) is 25.3 Å². The number of ether oxygens (including phenoxy) is 1. The highest BCUT2D eigenvalue weighted by Crippen LogP contribution is 2.24. The van der Waals surface area contributed by atoms with Gasteiger partial charge in [-0.1, -0.05) is 29.8 Å². The minimum absolute atomic E-state index is 0.0125. The van der Waals surface area contributed by atoms with E-state index in [1.807, 2.05) is 31.2 Å². The molecule has 2 rings (SSSR count). The molecule has 2 N–H and O–H groups in total. The number of hydrogen-bond donors (Lipinski definition) is 2. The Labute approximate surface area is 154 Å². The van der Waals surface area contributed by atoms with Gasteiger partial charge in [0.15, 0.2) is 0 Å². The van der Waals surface area contributed by atoms with Gasteiger partial charge in [-0.25, -0.2) is 13.1 Å². The van der Waals surface area contributed by atoms with Crippen molar-refractivity contribution in [2.45, 2.75) is 31.7 Å². The van der Waals surface area contributed by atoms with Crippen LogP contribution in [0.2, 0.25) is 0 Å². The van der Waals surface area contributed by atoms with Gasteiger partial charge in [-0.15, -0.1) is 0 Å². The van der Waals surface area contributed by atoms with Crippen molar-refractivity contribution in [3.63, 3.8) is 0 Å². The lowest BCUT2D eigenvalue weighted by Gasteiger charge is -2.16. The average Bonchev–Trinajstić information content (AvgIpc) is 2.61. The Bertz CT molecular complexity index is 877. The number of methoxy groups -OCH3 is 1. The first kappa shape index (κ1) is 19.9. The second-order valence-corrected chi connectivity index (χ2v) is 7.69. The molecule has 0 radical (unpaired) electrons. The van der Waals surface area contributed by atoms with E-state index in [9.17, 15) is 13.2 Å². The summed E-state index contributed by atoms with van der Waals surface area (Å²) < 4.78 is 33.3. The van der Waals surface area contributed by atoms with Crippen molar-refractivity contribution in [1.82, 2.24) is 10.0 Å². The Morgan fingerprint density at radius 3 is 2.38 bits per heavy atom. The van der Waals surface area contributed by atoms with E-state index in [4.69, 9.17) is 4.74 Å². The Balaban J connectivity index is 2.31. The number of aryl methyl sites for hydroxylation is 1. The molecule has 2 aromatic rings. The molecule has 0 saturated carbocycles. The minimum atomic E-state index is -3.80. The summed E-state index contributed by atoms with van der Waals surface area (Å²) in [5, 5.41) is 2.65. The van der Waals surface area contributed by atoms with Crippen LogP contribution in [-0.4, -0.2) is 28.0 Å². The van der Waals surface area contributed by atoms with Crippen LogP contribution in [-0.2, 0) is 10.0 Å². The molecule has 0 heterocycles. The molecule has 1 atom stereocenters. The van der Waals surface area contributed by atoms with Crippen molar-refractivity contribution in [3.05, 3.63) is 59.2 Å². The van der Waals surface area contributed by atoms with Gasteiger partial charge in [0.25, 0.3) is 5.91 Å². The molecule has 7 heteroatoms. The van der Waals surface area contributed by atoms with E-state index < -0.39 is 16.1 Å². The summed E-state index contributed by atoms with van der Waals surface area (Å²) in [6, 6.07) is 11.5. The second-order valence-electron chi connectivity index (χ2n) is 5.98. The number of carbonyl (C=O) groups excluding carboxylic acids is 1. The Morgan fingerprint density at radius 2 is 1.81 bits per heavy atom. The third-order valence-electron chi connectivity index (χ3n) is 3.97. The van der Waals surface area contributed by atoms with E-state index in [2.05, 4.69) is 10.0 Å². The standard InChI is InChI=1S/C19H24N2O4S/c1-5-20-19(22)17-12-16(10-11-18(17)25-4)26(23,24)21-14(3)15-8-6-13(2)7-9-15/h6-12,14,21H,5H2,1-4H3,(H,20,22). The highest BCUT2D eigenvalue weighted by atomic mass is 32.2. The number of amides is 1. The number of sulfonamides is 1. The van der Waals surface area contributed by atoms with Crippen molar-refractivity contribution < 1.29 is 17.9 Å². The Hall–Kier alpha value is -2.38. The third kappa shape index (κ3) is 4.62. The van der Waals surface area contributed by atoms with Gasteiger partial charge in [-0.2, -0.15) is 0 Å². The monoisotopic (exact) mass is 376 g/mol. The van der Waals surface area contributed by atoms with Crippen LogP contribution >= 0.6 is 0 Å². The molecule has 0 aliphatic rings. The predicted molar refractivity (Wildman–Crippen MR) is 101 cm³/mol. The van der Waals surface area contributed by atoms with Crippen LogP contribution in [0.3, 0.4) is 0 Å². The summed E-state index contributed by atoms with van der Waals surface area (Å²) in [4.78, 5) is 12.2. The third-order valence-corrected chi connectivity index (χ3v) is 5.51. The fourth-order valence-electron chi connectivity index (χ4n) is 2.51. The minimum Gasteiger partial charge on any atom is -0.496 e. The normalized spacial score (nSPS) is 12.5. The van der Waals surface area contributed by atoms with E-state index >= 15 is 0 Å². The predicted octanol–water partition coefficient (Wildman–Crippen LogP) is 2.79. The number of hydrogen-bond acceptors (Lipinski definition) is 4. The second kappa shape index (κ2) is 8.33. The summed E-state index contributed by atoms with van der Waals surface area (Å²) in [5.74, 6) is -0.0607. The highest BCUT2D eigenvalue weighted by molar-refractivity contribution is 7.89. The lowest BCUT2D eigenvalue weighted by molar-refractivity contribution is 0.0952. The zero-order valence-electron chi connectivity index (χ0n) is 15.4. The fourth-order valence-corrected chi connectivity index (χ4v) is 3.77. The molecule has 1 unspecified atom stereocenters. The van der Waals surface area contributed by atoms with Crippen molar-refractivity contribution in [2.24, 2.45) is 0 Å². The van der Waals surface area contributed by atoms with Gasteiger partial charge >= 0.3 is 0 Å². The van der Waals surface area contributed by atoms with Crippen LogP contribution in [0, 0.1) is 6.92 Å². The van der Waals surface area contributed by atoms with Crippen LogP contribution in [0.1, 0.15) is 41.4 Å². The van der Waals surface area contributed by atoms with Gasteiger partial charge < -0.3 is 10.1 Å². The van der Waals surface area contributed by atoms with Crippen LogP contribution in [0.5, 0.6) is 5.75 Å². The molecule has 0 aliphatic heterocycles. The van der Waals surface area contributed by atoms with Gasteiger partial charge in [0.05, 0.1) is 17.6 Å². The SMILES string of the molecule is CCNC(=O)c1cc(S(=O)(=O)NC(C)c2ccc(C)cc2)ccc1OC. The number of benzene rings is 2. The Morgan fingerprint density at radius 1 is 1.15 bits per heavy atom. The van der Waals surface area contributed by atoms with E-state index in [0.717, 1.165) is 11.1 Å². The van der Waals surface area contributed by atoms with Crippen LogP contribution in [0.25, 0.3) is 0 Å². The summed E-state index contributed by atoms with van der Waals surface area (Å²) in [7, 11) is -2.36. The first-order valence-electron chi connectivity index (χ1n) is 8.33. The Kier molecular flexibility index (Phi) is 6.39. The smallest absolute Gasteiger partial charge is 0.255 e. The van der Waals surface area contributed by atoms with Gasteiger partial charge in [0.2, 0.25) is 10.0 Å². The lowest BCUT2D eigenvalue weighted by atomic mass is 10.1. The maximum Gasteiger partial charge on any atom is 0.255 e. The fraction of sp³-hybridized carbons (Fsp3) is 0.316. The molecule has 6 nitrogen and oxygen atoms in total. The van der Waals surface area contributed by atoms with E-state index in [0.29, 0.717) is 12.3 Å². The van der Waals surface area contributed by atoms with Crippen molar-refractivity contribution in [2.75, 3.05) is 13.7 Å². The molecule has 0 saturated heterocycles. The molecule has 0 spiro atoms. The van der Waals surface area contributed by atoms with E-state index in [-0.39, 0.29) is 16.4 Å². The summed E-state index contributed by atoms with van der Waals surface area (Å²) >= 11 is 0. The summed E-state index contributed by atoms with van der Waals surface area (Å²) in [6.07, 6.45) is 0. The van der Waals surface area contributed by atoms with Crippen LogP contribution in [0.15, 0.2) is 47.4 Å². The zero-order chi connectivity index (χ0) is 19.3. The lowest BCUT2D eigenvalue weighted by Crippen LogP contribution is -2.28. The molecule has 0 bridgehead atoms. The van der Waals surface area contributed by atoms with Crippen LogP contribution < -0.4 is 14.8 Å². The number of nitrogens with one attached hydrogen (secondary N) is 2. The van der Waals surface area contributed by atoms with Gasteiger partial charge in [-0.05, 0) is 44.5 Å². The van der Waals surface area contributed by atoms with Gasteiger partial charge in [-0.3, -0.25) is 4.79 Å². The summed E-state index contributed by atoms with van der Waals surface area (Å²) in [6.45, 7) is 5.97. The van der Waals surface area contributed by atoms with Crippen molar-refractivity contribution >= 4 is 15.9 Å². The van der Waals surface area contributed by atoms with Gasteiger partial charge in [0, 0.05) is 12.6 Å². The topological polar surface area (TPSA) is 84.5 Å². The first-order chi connectivity index (χ1) is 12.3. The van der Waals surface area contributed by atoms with E-state index in [1.54, 1.807) is 13.8 Å². The largest absolute Gasteiger partial charge is 0.496 e. The van der Waals surface area contributed by atoms with Crippen molar-refractivity contribution in [3.8, 4) is 5.75 Å². The zero-order valence-corrected chi connectivity index (χ0v) is 16.2. The average molecular weight is 376 g/mol. The highest BCUT2D eigenvalue weighted by Gasteiger charge is 2.22. The molecule has 0 aliphatic carbocycles. The maximum absolute atomic E-state index is 12.7. The first-order valence-corrected chi connectivity index (χ1v) is 9.82. The molecule has 140 valence electrons. The number of carbonyl (C=O) groups is 1. The molecule has 0 fully saturated rings.